The van der Waals surface area contributed by atoms with E-state index < -0.39 is 0 Å². The second kappa shape index (κ2) is 11.1. The lowest BCUT2D eigenvalue weighted by Crippen LogP contribution is -2.02. The maximum Gasteiger partial charge on any atom is 0.147 e. The summed E-state index contributed by atoms with van der Waals surface area (Å²) in [6.07, 6.45) is 2.99. The molecule has 0 saturated carbocycles. The smallest absolute Gasteiger partial charge is 0.147 e. The molecule has 0 amide bonds. The molecule has 0 saturated heterocycles. The van der Waals surface area contributed by atoms with E-state index in [1.165, 1.54) is 0 Å². The van der Waals surface area contributed by atoms with Gasteiger partial charge >= 0.3 is 0 Å². The topological polar surface area (TPSA) is 18.5 Å². The number of rotatable bonds is 8. The van der Waals surface area contributed by atoms with E-state index in [0.29, 0.717) is 13.2 Å². The molecule has 0 radical (unpaired) electrons. The minimum Gasteiger partial charge on any atom is -0.491 e. The van der Waals surface area contributed by atoms with E-state index in [1.54, 1.807) is 0 Å². The van der Waals surface area contributed by atoms with Gasteiger partial charge in [-0.15, -0.1) is 0 Å². The van der Waals surface area contributed by atoms with Gasteiger partial charge in [-0.2, -0.15) is 0 Å². The van der Waals surface area contributed by atoms with Gasteiger partial charge in [0.2, 0.25) is 0 Å². The summed E-state index contributed by atoms with van der Waals surface area (Å²) in [7, 11) is 0. The summed E-state index contributed by atoms with van der Waals surface area (Å²) in [5.74, 6) is 1.67. The lowest BCUT2D eigenvalue weighted by Gasteiger charge is -2.12. The molecule has 0 aromatic heterocycles. The highest BCUT2D eigenvalue weighted by molar-refractivity contribution is 9.12. The molecule has 0 spiro atoms. The van der Waals surface area contributed by atoms with E-state index >= 15 is 0 Å². The molecule has 2 aromatic rings. The van der Waals surface area contributed by atoms with Crippen LogP contribution in [0.4, 0.5) is 0 Å². The van der Waals surface area contributed by atoms with Gasteiger partial charge in [0.25, 0.3) is 0 Å². The molecule has 2 rings (SSSR count). The third-order valence-electron chi connectivity index (χ3n) is 3.21. The lowest BCUT2D eigenvalue weighted by molar-refractivity contribution is 0.276. The van der Waals surface area contributed by atoms with Crippen LogP contribution in [-0.2, 0) is 0 Å². The first kappa shape index (κ1) is 22.2. The van der Waals surface area contributed by atoms with Gasteiger partial charge in [-0.25, -0.2) is 0 Å². The zero-order valence-electron chi connectivity index (χ0n) is 12.9. The molecule has 0 N–H and O–H groups in total. The fourth-order valence-electron chi connectivity index (χ4n) is 2.06. The molecular formula is C17H14Br6O2. The highest BCUT2D eigenvalue weighted by Gasteiger charge is 2.09. The Balaban J connectivity index is 1.69. The van der Waals surface area contributed by atoms with Crippen molar-refractivity contribution < 1.29 is 9.47 Å². The average molecular weight is 730 g/mol. The summed E-state index contributed by atoms with van der Waals surface area (Å²) in [5.41, 5.74) is 0. The highest BCUT2D eigenvalue weighted by atomic mass is 79.9. The normalized spacial score (nSPS) is 10.8. The summed E-state index contributed by atoms with van der Waals surface area (Å²) >= 11 is 21.0. The standard InChI is InChI=1S/C17H14Br6O2/c18-10-6-12(20)16(13(21)7-10)24-4-2-1-3-5-25-17-14(22)8-11(19)9-15(17)23/h6-9H,1-5H2. The van der Waals surface area contributed by atoms with Crippen LogP contribution >= 0.6 is 95.6 Å². The monoisotopic (exact) mass is 724 g/mol. The van der Waals surface area contributed by atoms with Crippen molar-refractivity contribution in [2.24, 2.45) is 0 Å². The number of hydrogen-bond acceptors (Lipinski definition) is 2. The van der Waals surface area contributed by atoms with E-state index in [4.69, 9.17) is 9.47 Å². The van der Waals surface area contributed by atoms with Gasteiger partial charge in [0, 0.05) is 8.95 Å². The second-order valence-electron chi connectivity index (χ2n) is 5.15. The summed E-state index contributed by atoms with van der Waals surface area (Å²) in [6, 6.07) is 7.90. The van der Waals surface area contributed by atoms with E-state index in [1.807, 2.05) is 24.3 Å². The second-order valence-corrected chi connectivity index (χ2v) is 10.4. The third kappa shape index (κ3) is 7.11. The van der Waals surface area contributed by atoms with E-state index in [9.17, 15) is 0 Å². The Morgan fingerprint density at radius 3 is 1.16 bits per heavy atom. The zero-order chi connectivity index (χ0) is 18.4. The molecule has 0 unspecified atom stereocenters. The van der Waals surface area contributed by atoms with Crippen molar-refractivity contribution in [3.63, 3.8) is 0 Å². The van der Waals surface area contributed by atoms with Crippen LogP contribution in [0.25, 0.3) is 0 Å². The van der Waals surface area contributed by atoms with Crippen molar-refractivity contribution in [1.29, 1.82) is 0 Å². The maximum absolute atomic E-state index is 5.86. The Kier molecular flexibility index (Phi) is 9.82. The van der Waals surface area contributed by atoms with Crippen molar-refractivity contribution in [2.45, 2.75) is 19.3 Å². The number of ether oxygens (including phenoxy) is 2. The minimum absolute atomic E-state index is 0.671. The van der Waals surface area contributed by atoms with Gasteiger partial charge in [0.15, 0.2) is 0 Å². The molecular weight excluding hydrogens is 716 g/mol. The number of halogens is 6. The van der Waals surface area contributed by atoms with Crippen molar-refractivity contribution in [3.8, 4) is 11.5 Å². The molecule has 136 valence electrons. The van der Waals surface area contributed by atoms with Crippen LogP contribution < -0.4 is 9.47 Å². The van der Waals surface area contributed by atoms with Crippen LogP contribution in [-0.4, -0.2) is 13.2 Å². The van der Waals surface area contributed by atoms with Gasteiger partial charge in [0.1, 0.15) is 11.5 Å². The molecule has 2 aromatic carbocycles. The Hall–Kier alpha value is 0.920. The van der Waals surface area contributed by atoms with Crippen LogP contribution in [0, 0.1) is 0 Å². The largest absolute Gasteiger partial charge is 0.491 e. The Bertz CT molecular complexity index is 628. The highest BCUT2D eigenvalue weighted by Crippen LogP contribution is 2.37. The predicted molar refractivity (Wildman–Crippen MR) is 124 cm³/mol. The minimum atomic E-state index is 0.671. The van der Waals surface area contributed by atoms with Crippen LogP contribution in [0.2, 0.25) is 0 Å². The molecule has 0 fully saturated rings. The summed E-state index contributed by atoms with van der Waals surface area (Å²) in [6.45, 7) is 1.34. The molecule has 0 bridgehead atoms. The molecule has 0 heterocycles. The van der Waals surface area contributed by atoms with Crippen molar-refractivity contribution in [3.05, 3.63) is 51.1 Å². The molecule has 2 nitrogen and oxygen atoms in total. The fourth-order valence-corrected chi connectivity index (χ4v) is 7.04. The molecule has 8 heteroatoms. The van der Waals surface area contributed by atoms with Gasteiger partial charge in [0.05, 0.1) is 31.1 Å². The van der Waals surface area contributed by atoms with Crippen LogP contribution in [0.1, 0.15) is 19.3 Å². The Morgan fingerprint density at radius 1 is 0.520 bits per heavy atom. The van der Waals surface area contributed by atoms with Crippen molar-refractivity contribution in [1.82, 2.24) is 0 Å². The SMILES string of the molecule is Brc1cc(Br)c(OCCCCCOc2c(Br)cc(Br)cc2Br)c(Br)c1. The number of benzene rings is 2. The number of unbranched alkanes of at least 4 members (excludes halogenated alkanes) is 2. The Morgan fingerprint density at radius 2 is 0.840 bits per heavy atom. The molecule has 0 atom stereocenters. The van der Waals surface area contributed by atoms with Gasteiger partial charge in [-0.3, -0.25) is 0 Å². The van der Waals surface area contributed by atoms with E-state index in [2.05, 4.69) is 95.6 Å². The predicted octanol–water partition coefficient (Wildman–Crippen LogP) is 8.89. The van der Waals surface area contributed by atoms with Crippen LogP contribution in [0.15, 0.2) is 51.1 Å². The fraction of sp³-hybridized carbons (Fsp3) is 0.294. The van der Waals surface area contributed by atoms with Crippen LogP contribution in [0.3, 0.4) is 0 Å². The van der Waals surface area contributed by atoms with E-state index in [-0.39, 0.29) is 0 Å². The summed E-state index contributed by atoms with van der Waals surface area (Å²) in [4.78, 5) is 0. The van der Waals surface area contributed by atoms with Crippen molar-refractivity contribution in [2.75, 3.05) is 13.2 Å². The average Bonchev–Trinajstić information content (AvgIpc) is 2.50. The van der Waals surface area contributed by atoms with Crippen molar-refractivity contribution >= 4 is 95.6 Å². The molecule has 25 heavy (non-hydrogen) atoms. The number of hydrogen-bond donors (Lipinski definition) is 0. The first-order chi connectivity index (χ1) is 11.9. The van der Waals surface area contributed by atoms with Gasteiger partial charge in [-0.05, 0) is 107 Å². The lowest BCUT2D eigenvalue weighted by atomic mass is 10.2. The first-order valence-electron chi connectivity index (χ1n) is 7.43. The summed E-state index contributed by atoms with van der Waals surface area (Å²) in [5, 5.41) is 0. The molecule has 0 aliphatic heterocycles. The first-order valence-corrected chi connectivity index (χ1v) is 12.2. The van der Waals surface area contributed by atoms with Crippen LogP contribution in [0.5, 0.6) is 11.5 Å². The van der Waals surface area contributed by atoms with Gasteiger partial charge in [-0.1, -0.05) is 31.9 Å². The summed E-state index contributed by atoms with van der Waals surface area (Å²) < 4.78 is 17.5. The molecule has 0 aliphatic carbocycles. The molecule has 0 aliphatic rings. The zero-order valence-corrected chi connectivity index (χ0v) is 22.4. The van der Waals surface area contributed by atoms with Gasteiger partial charge < -0.3 is 9.47 Å². The quantitative estimate of drug-likeness (QED) is 0.253. The third-order valence-corrected chi connectivity index (χ3v) is 6.48. The van der Waals surface area contributed by atoms with E-state index in [0.717, 1.165) is 57.6 Å². The Labute approximate surface area is 198 Å². The maximum atomic E-state index is 5.86.